The normalized spacial score (nSPS) is 18.9. The summed E-state index contributed by atoms with van der Waals surface area (Å²) in [5.74, 6) is 0.00407. The van der Waals surface area contributed by atoms with Crippen molar-refractivity contribution in [2.24, 2.45) is 5.92 Å². The van der Waals surface area contributed by atoms with Crippen molar-refractivity contribution in [2.75, 3.05) is 13.1 Å². The highest BCUT2D eigenvalue weighted by atomic mass is 32.2. The predicted octanol–water partition coefficient (Wildman–Crippen LogP) is 0.950. The molecule has 0 amide bonds. The summed E-state index contributed by atoms with van der Waals surface area (Å²) in [5.41, 5.74) is -0.638. The monoisotopic (exact) mass is 280 g/mol. The van der Waals surface area contributed by atoms with Crippen LogP contribution < -0.4 is 0 Å². The zero-order valence-corrected chi connectivity index (χ0v) is 11.7. The Morgan fingerprint density at radius 2 is 2.05 bits per heavy atom. The van der Waals surface area contributed by atoms with Crippen LogP contribution in [0.4, 0.5) is 0 Å². The minimum atomic E-state index is -3.62. The van der Waals surface area contributed by atoms with Crippen LogP contribution in [0.3, 0.4) is 0 Å². The Morgan fingerprint density at radius 1 is 1.42 bits per heavy atom. The smallest absolute Gasteiger partial charge is 0.243 e. The third kappa shape index (κ3) is 2.37. The molecule has 1 aromatic rings. The fourth-order valence-corrected chi connectivity index (χ4v) is 3.59. The van der Waals surface area contributed by atoms with Gasteiger partial charge in [-0.3, -0.25) is 0 Å². The highest BCUT2D eigenvalue weighted by Crippen LogP contribution is 2.33. The number of nitriles is 1. The number of hydrogen-bond acceptors (Lipinski definition) is 4. The first kappa shape index (κ1) is 14.0. The summed E-state index contributed by atoms with van der Waals surface area (Å²) in [6.45, 7) is 3.92. The van der Waals surface area contributed by atoms with Gasteiger partial charge in [0.1, 0.15) is 0 Å². The van der Waals surface area contributed by atoms with Gasteiger partial charge in [-0.05, 0) is 24.1 Å². The highest BCUT2D eigenvalue weighted by molar-refractivity contribution is 7.89. The van der Waals surface area contributed by atoms with Crippen LogP contribution in [0.5, 0.6) is 0 Å². The number of sulfonamides is 1. The van der Waals surface area contributed by atoms with Gasteiger partial charge in [0.2, 0.25) is 10.0 Å². The van der Waals surface area contributed by atoms with Gasteiger partial charge in [0, 0.05) is 13.1 Å². The Kier molecular flexibility index (Phi) is 3.39. The zero-order chi connectivity index (χ0) is 14.3. The number of nitrogens with zero attached hydrogens (tertiary/aromatic N) is 2. The van der Waals surface area contributed by atoms with Crippen molar-refractivity contribution in [3.63, 3.8) is 0 Å². The third-order valence-corrected chi connectivity index (χ3v) is 5.36. The summed E-state index contributed by atoms with van der Waals surface area (Å²) in [6.07, 6.45) is 0. The lowest BCUT2D eigenvalue weighted by Gasteiger charge is -2.47. The zero-order valence-electron chi connectivity index (χ0n) is 10.9. The molecule has 1 aliphatic heterocycles. The quantitative estimate of drug-likeness (QED) is 0.893. The van der Waals surface area contributed by atoms with Crippen LogP contribution in [0.1, 0.15) is 19.4 Å². The lowest BCUT2D eigenvalue weighted by molar-refractivity contribution is -0.0932. The molecule has 0 radical (unpaired) electrons. The highest BCUT2D eigenvalue weighted by Gasteiger charge is 2.49. The SMILES string of the molecule is CC(C)C1(O)CN(S(=O)(=O)c2cccc(C#N)c2)C1. The van der Waals surface area contributed by atoms with Gasteiger partial charge in [0.15, 0.2) is 0 Å². The maximum Gasteiger partial charge on any atom is 0.243 e. The molecule has 6 heteroatoms. The predicted molar refractivity (Wildman–Crippen MR) is 69.7 cm³/mol. The van der Waals surface area contributed by atoms with Gasteiger partial charge in [0.25, 0.3) is 0 Å². The van der Waals surface area contributed by atoms with E-state index >= 15 is 0 Å². The van der Waals surface area contributed by atoms with Gasteiger partial charge in [-0.2, -0.15) is 9.57 Å². The second kappa shape index (κ2) is 4.60. The summed E-state index contributed by atoms with van der Waals surface area (Å²) in [7, 11) is -3.62. The lowest BCUT2D eigenvalue weighted by Crippen LogP contribution is -2.65. The lowest BCUT2D eigenvalue weighted by atomic mass is 9.85. The molecule has 1 heterocycles. The first-order chi connectivity index (χ1) is 8.79. The standard InChI is InChI=1S/C13H16N2O3S/c1-10(2)13(16)8-15(9-13)19(17,18)12-5-3-4-11(6-12)7-14/h3-6,10,16H,8-9H2,1-2H3. The van der Waals surface area contributed by atoms with E-state index in [1.165, 1.54) is 16.4 Å². The summed E-state index contributed by atoms with van der Waals surface area (Å²) in [6, 6.07) is 7.82. The van der Waals surface area contributed by atoms with Crippen LogP contribution in [0.15, 0.2) is 29.2 Å². The molecular weight excluding hydrogens is 264 g/mol. The molecule has 0 unspecified atom stereocenters. The molecular formula is C13H16N2O3S. The van der Waals surface area contributed by atoms with E-state index in [1.54, 1.807) is 12.1 Å². The number of rotatable bonds is 3. The van der Waals surface area contributed by atoms with Gasteiger partial charge in [-0.25, -0.2) is 8.42 Å². The minimum Gasteiger partial charge on any atom is -0.387 e. The van der Waals surface area contributed by atoms with Gasteiger partial charge in [-0.15, -0.1) is 0 Å². The molecule has 5 nitrogen and oxygen atoms in total. The van der Waals surface area contributed by atoms with Crippen molar-refractivity contribution in [3.05, 3.63) is 29.8 Å². The minimum absolute atomic E-state index is 0.00407. The second-order valence-corrected chi connectivity index (χ2v) is 7.11. The number of benzene rings is 1. The van der Waals surface area contributed by atoms with Crippen LogP contribution >= 0.6 is 0 Å². The molecule has 2 rings (SSSR count). The second-order valence-electron chi connectivity index (χ2n) is 5.17. The molecule has 102 valence electrons. The van der Waals surface area contributed by atoms with Crippen molar-refractivity contribution in [2.45, 2.75) is 24.3 Å². The molecule has 1 N–H and O–H groups in total. The van der Waals surface area contributed by atoms with Gasteiger partial charge in [0.05, 0.1) is 22.1 Å². The summed E-state index contributed by atoms with van der Waals surface area (Å²) in [4.78, 5) is 0.0948. The molecule has 0 bridgehead atoms. The van der Waals surface area contributed by atoms with Crippen LogP contribution in [0, 0.1) is 17.2 Å². The van der Waals surface area contributed by atoms with E-state index < -0.39 is 15.6 Å². The Balaban J connectivity index is 2.24. The Bertz CT molecular complexity index is 626. The van der Waals surface area contributed by atoms with Crippen molar-refractivity contribution >= 4 is 10.0 Å². The molecule has 19 heavy (non-hydrogen) atoms. The summed E-state index contributed by atoms with van der Waals surface area (Å²) in [5, 5.41) is 18.9. The van der Waals surface area contributed by atoms with E-state index in [0.717, 1.165) is 0 Å². The molecule has 1 aromatic carbocycles. The molecule has 1 aliphatic rings. The molecule has 1 saturated heterocycles. The molecule has 0 saturated carbocycles. The fourth-order valence-electron chi connectivity index (χ4n) is 1.97. The van der Waals surface area contributed by atoms with Gasteiger partial charge < -0.3 is 5.11 Å². The van der Waals surface area contributed by atoms with E-state index in [-0.39, 0.29) is 23.9 Å². The first-order valence-electron chi connectivity index (χ1n) is 6.02. The summed E-state index contributed by atoms with van der Waals surface area (Å²) >= 11 is 0. The molecule has 0 aromatic heterocycles. The average Bonchev–Trinajstić information content (AvgIpc) is 2.34. The van der Waals surface area contributed by atoms with E-state index in [9.17, 15) is 13.5 Å². The van der Waals surface area contributed by atoms with Crippen LogP contribution in [-0.2, 0) is 10.0 Å². The van der Waals surface area contributed by atoms with E-state index in [2.05, 4.69) is 0 Å². The molecule has 0 spiro atoms. The maximum atomic E-state index is 12.3. The Labute approximate surface area is 113 Å². The molecule has 0 aliphatic carbocycles. The van der Waals surface area contributed by atoms with Crippen molar-refractivity contribution < 1.29 is 13.5 Å². The van der Waals surface area contributed by atoms with Gasteiger partial charge in [-0.1, -0.05) is 19.9 Å². The topological polar surface area (TPSA) is 81.4 Å². The largest absolute Gasteiger partial charge is 0.387 e. The summed E-state index contributed by atoms with van der Waals surface area (Å²) < 4.78 is 25.8. The number of aliphatic hydroxyl groups is 1. The van der Waals surface area contributed by atoms with Crippen LogP contribution in [0.2, 0.25) is 0 Å². The average molecular weight is 280 g/mol. The van der Waals surface area contributed by atoms with Gasteiger partial charge >= 0.3 is 0 Å². The van der Waals surface area contributed by atoms with E-state index in [1.807, 2.05) is 19.9 Å². The first-order valence-corrected chi connectivity index (χ1v) is 7.46. The van der Waals surface area contributed by atoms with E-state index in [4.69, 9.17) is 5.26 Å². The number of hydrogen-bond donors (Lipinski definition) is 1. The van der Waals surface area contributed by atoms with E-state index in [0.29, 0.717) is 5.56 Å². The van der Waals surface area contributed by atoms with Crippen molar-refractivity contribution in [1.29, 1.82) is 5.26 Å². The Hall–Kier alpha value is -1.42. The molecule has 1 fully saturated rings. The number of β-amino-alcohol motifs (C(OH)–C–C–N with tert-alkyl or cyclic N) is 1. The van der Waals surface area contributed by atoms with Crippen LogP contribution in [-0.4, -0.2) is 36.5 Å². The Morgan fingerprint density at radius 3 is 2.58 bits per heavy atom. The fraction of sp³-hybridized carbons (Fsp3) is 0.462. The third-order valence-electron chi connectivity index (χ3n) is 3.58. The van der Waals surface area contributed by atoms with Crippen molar-refractivity contribution in [1.82, 2.24) is 4.31 Å². The van der Waals surface area contributed by atoms with Crippen molar-refractivity contribution in [3.8, 4) is 6.07 Å². The maximum absolute atomic E-state index is 12.3. The van der Waals surface area contributed by atoms with Crippen LogP contribution in [0.25, 0.3) is 0 Å². The molecule has 0 atom stereocenters.